The van der Waals surface area contributed by atoms with E-state index in [1.165, 1.54) is 0 Å². The standard InChI is InChI=1S/C16H30N2O4/c1-15(2,3)22-14(21)17-12(13(19)20)10-16(11-18(4)5)8-6-7-9-16/h12H,6-11H2,1-5H3,(H,17,21)(H,19,20). The molecular weight excluding hydrogens is 284 g/mol. The van der Waals surface area contributed by atoms with Gasteiger partial charge < -0.3 is 20.1 Å². The summed E-state index contributed by atoms with van der Waals surface area (Å²) < 4.78 is 5.17. The number of hydrogen-bond acceptors (Lipinski definition) is 4. The minimum Gasteiger partial charge on any atom is -0.480 e. The highest BCUT2D eigenvalue weighted by atomic mass is 16.6. The number of hydrogen-bond donors (Lipinski definition) is 2. The second-order valence-electron chi connectivity index (χ2n) is 7.69. The topological polar surface area (TPSA) is 78.9 Å². The summed E-state index contributed by atoms with van der Waals surface area (Å²) in [5, 5.41) is 12.0. The molecule has 0 radical (unpaired) electrons. The SMILES string of the molecule is CN(C)CC1(CC(NC(=O)OC(C)(C)C)C(=O)O)CCCC1. The lowest BCUT2D eigenvalue weighted by atomic mass is 9.79. The Balaban J connectivity index is 2.74. The molecule has 1 atom stereocenters. The molecular formula is C16H30N2O4. The van der Waals surface area contributed by atoms with Crippen LogP contribution in [0.2, 0.25) is 0 Å². The maximum absolute atomic E-state index is 11.9. The average Bonchev–Trinajstić information content (AvgIpc) is 2.72. The number of carboxylic acid groups (broad SMARTS) is 1. The molecule has 1 rings (SSSR count). The van der Waals surface area contributed by atoms with Gasteiger partial charge in [-0.1, -0.05) is 12.8 Å². The van der Waals surface area contributed by atoms with Crippen LogP contribution in [0.1, 0.15) is 52.9 Å². The Morgan fingerprint density at radius 3 is 2.23 bits per heavy atom. The normalized spacial score (nSPS) is 19.0. The van der Waals surface area contributed by atoms with Gasteiger partial charge in [0.25, 0.3) is 0 Å². The molecule has 0 aromatic rings. The lowest BCUT2D eigenvalue weighted by Gasteiger charge is -2.34. The van der Waals surface area contributed by atoms with Crippen molar-refractivity contribution in [2.45, 2.75) is 64.5 Å². The number of amides is 1. The smallest absolute Gasteiger partial charge is 0.408 e. The minimum atomic E-state index is -1.00. The third-order valence-electron chi connectivity index (χ3n) is 3.94. The first-order valence-corrected chi connectivity index (χ1v) is 7.90. The second kappa shape index (κ2) is 7.31. The summed E-state index contributed by atoms with van der Waals surface area (Å²) in [4.78, 5) is 25.5. The van der Waals surface area contributed by atoms with Gasteiger partial charge in [0.05, 0.1) is 0 Å². The van der Waals surface area contributed by atoms with E-state index < -0.39 is 23.7 Å². The van der Waals surface area contributed by atoms with Crippen LogP contribution in [0.3, 0.4) is 0 Å². The zero-order valence-electron chi connectivity index (χ0n) is 14.4. The molecule has 6 heteroatoms. The summed E-state index contributed by atoms with van der Waals surface area (Å²) in [6.45, 7) is 6.11. The van der Waals surface area contributed by atoms with Crippen molar-refractivity contribution in [1.82, 2.24) is 10.2 Å². The number of ether oxygens (including phenoxy) is 1. The Labute approximate surface area is 133 Å². The van der Waals surface area contributed by atoms with Crippen molar-refractivity contribution in [2.24, 2.45) is 5.41 Å². The van der Waals surface area contributed by atoms with Gasteiger partial charge in [-0.3, -0.25) is 0 Å². The largest absolute Gasteiger partial charge is 0.480 e. The first kappa shape index (κ1) is 18.7. The monoisotopic (exact) mass is 314 g/mol. The first-order valence-electron chi connectivity index (χ1n) is 7.90. The van der Waals surface area contributed by atoms with Crippen molar-refractivity contribution in [3.8, 4) is 0 Å². The van der Waals surface area contributed by atoms with E-state index in [1.54, 1.807) is 20.8 Å². The average molecular weight is 314 g/mol. The molecule has 0 spiro atoms. The molecule has 0 aliphatic heterocycles. The Hall–Kier alpha value is -1.30. The molecule has 1 saturated carbocycles. The van der Waals surface area contributed by atoms with Crippen molar-refractivity contribution in [1.29, 1.82) is 0 Å². The van der Waals surface area contributed by atoms with Crippen molar-refractivity contribution >= 4 is 12.1 Å². The van der Waals surface area contributed by atoms with Gasteiger partial charge in [-0.25, -0.2) is 9.59 Å². The Morgan fingerprint density at radius 2 is 1.82 bits per heavy atom. The van der Waals surface area contributed by atoms with Crippen LogP contribution in [-0.4, -0.2) is 54.4 Å². The van der Waals surface area contributed by atoms with E-state index in [0.29, 0.717) is 6.42 Å². The Kier molecular flexibility index (Phi) is 6.23. The van der Waals surface area contributed by atoms with Crippen LogP contribution in [-0.2, 0) is 9.53 Å². The van der Waals surface area contributed by atoms with Crippen LogP contribution in [0.15, 0.2) is 0 Å². The summed E-state index contributed by atoms with van der Waals surface area (Å²) in [6.07, 6.45) is 4.02. The molecule has 1 aliphatic carbocycles. The number of nitrogens with one attached hydrogen (secondary N) is 1. The third kappa shape index (κ3) is 6.22. The van der Waals surface area contributed by atoms with Crippen molar-refractivity contribution in [3.05, 3.63) is 0 Å². The number of alkyl carbamates (subject to hydrolysis) is 1. The van der Waals surface area contributed by atoms with Gasteiger partial charge >= 0.3 is 12.1 Å². The van der Waals surface area contributed by atoms with Crippen LogP contribution < -0.4 is 5.32 Å². The molecule has 1 amide bonds. The fraction of sp³-hybridized carbons (Fsp3) is 0.875. The second-order valence-corrected chi connectivity index (χ2v) is 7.69. The maximum atomic E-state index is 11.9. The molecule has 22 heavy (non-hydrogen) atoms. The van der Waals surface area contributed by atoms with Gasteiger partial charge in [0.15, 0.2) is 0 Å². The molecule has 128 valence electrons. The predicted molar refractivity (Wildman–Crippen MR) is 84.9 cm³/mol. The molecule has 0 aromatic heterocycles. The van der Waals surface area contributed by atoms with Gasteiger partial charge in [0, 0.05) is 6.54 Å². The van der Waals surface area contributed by atoms with Crippen LogP contribution in [0.25, 0.3) is 0 Å². The van der Waals surface area contributed by atoms with Gasteiger partial charge in [0.2, 0.25) is 0 Å². The van der Waals surface area contributed by atoms with E-state index in [1.807, 2.05) is 14.1 Å². The number of carbonyl (C=O) groups is 2. The fourth-order valence-electron chi connectivity index (χ4n) is 3.31. The number of nitrogens with zero attached hydrogens (tertiary/aromatic N) is 1. The van der Waals surface area contributed by atoms with Crippen LogP contribution in [0, 0.1) is 5.41 Å². The highest BCUT2D eigenvalue weighted by molar-refractivity contribution is 5.80. The highest BCUT2D eigenvalue weighted by Gasteiger charge is 2.39. The molecule has 1 aliphatic rings. The lowest BCUT2D eigenvalue weighted by Crippen LogP contribution is -2.47. The van der Waals surface area contributed by atoms with E-state index >= 15 is 0 Å². The molecule has 0 bridgehead atoms. The molecule has 2 N–H and O–H groups in total. The van der Waals surface area contributed by atoms with E-state index in [9.17, 15) is 14.7 Å². The fourth-order valence-corrected chi connectivity index (χ4v) is 3.31. The highest BCUT2D eigenvalue weighted by Crippen LogP contribution is 2.42. The minimum absolute atomic E-state index is 0.0401. The van der Waals surface area contributed by atoms with Crippen LogP contribution in [0.4, 0.5) is 4.79 Å². The van der Waals surface area contributed by atoms with Crippen LogP contribution in [0.5, 0.6) is 0 Å². The molecule has 0 saturated heterocycles. The molecule has 6 nitrogen and oxygen atoms in total. The molecule has 0 heterocycles. The maximum Gasteiger partial charge on any atom is 0.408 e. The van der Waals surface area contributed by atoms with Crippen molar-refractivity contribution < 1.29 is 19.4 Å². The molecule has 0 aromatic carbocycles. The summed E-state index contributed by atoms with van der Waals surface area (Å²) in [7, 11) is 3.99. The summed E-state index contributed by atoms with van der Waals surface area (Å²) >= 11 is 0. The van der Waals surface area contributed by atoms with Crippen LogP contribution >= 0.6 is 0 Å². The van der Waals surface area contributed by atoms with E-state index in [4.69, 9.17) is 4.74 Å². The zero-order chi connectivity index (χ0) is 17.0. The Morgan fingerprint density at radius 1 is 1.27 bits per heavy atom. The van der Waals surface area contributed by atoms with Gasteiger partial charge in [0.1, 0.15) is 11.6 Å². The summed E-state index contributed by atoms with van der Waals surface area (Å²) in [6, 6.07) is -0.909. The summed E-state index contributed by atoms with van der Waals surface area (Å²) in [5.74, 6) is -1.00. The quantitative estimate of drug-likeness (QED) is 0.787. The van der Waals surface area contributed by atoms with E-state index in [0.717, 1.165) is 32.2 Å². The van der Waals surface area contributed by atoms with E-state index in [2.05, 4.69) is 10.2 Å². The number of carboxylic acids is 1. The zero-order valence-corrected chi connectivity index (χ0v) is 14.4. The lowest BCUT2D eigenvalue weighted by molar-refractivity contribution is -0.140. The molecule has 1 fully saturated rings. The Bertz CT molecular complexity index is 395. The predicted octanol–water partition coefficient (Wildman–Crippen LogP) is 2.48. The number of rotatable bonds is 6. The van der Waals surface area contributed by atoms with Gasteiger partial charge in [-0.15, -0.1) is 0 Å². The third-order valence-corrected chi connectivity index (χ3v) is 3.94. The van der Waals surface area contributed by atoms with Gasteiger partial charge in [-0.05, 0) is 59.5 Å². The summed E-state index contributed by atoms with van der Waals surface area (Å²) in [5.41, 5.74) is -0.677. The number of aliphatic carboxylic acids is 1. The van der Waals surface area contributed by atoms with Crippen molar-refractivity contribution in [2.75, 3.05) is 20.6 Å². The van der Waals surface area contributed by atoms with Gasteiger partial charge in [-0.2, -0.15) is 0 Å². The number of carbonyl (C=O) groups excluding carboxylic acids is 1. The first-order chi connectivity index (χ1) is 10.0. The van der Waals surface area contributed by atoms with E-state index in [-0.39, 0.29) is 5.41 Å². The molecule has 1 unspecified atom stereocenters. The van der Waals surface area contributed by atoms with Crippen molar-refractivity contribution in [3.63, 3.8) is 0 Å².